The van der Waals surface area contributed by atoms with E-state index in [9.17, 15) is 22.8 Å². The second kappa shape index (κ2) is 7.19. The van der Waals surface area contributed by atoms with E-state index in [-0.39, 0.29) is 17.2 Å². The molecule has 0 radical (unpaired) electrons. The lowest BCUT2D eigenvalue weighted by atomic mass is 9.93. The lowest BCUT2D eigenvalue weighted by Gasteiger charge is -2.31. The number of likely N-dealkylation sites (tertiary alicyclic amines) is 1. The van der Waals surface area contributed by atoms with Crippen LogP contribution < -0.4 is 0 Å². The van der Waals surface area contributed by atoms with Gasteiger partial charge in [0.1, 0.15) is 0 Å². The van der Waals surface area contributed by atoms with Crippen molar-refractivity contribution in [2.45, 2.75) is 18.8 Å². The van der Waals surface area contributed by atoms with Gasteiger partial charge >= 0.3 is 5.97 Å². The Morgan fingerprint density at radius 2 is 1.77 bits per heavy atom. The maximum absolute atomic E-state index is 13.3. The molecule has 0 aliphatic carbocycles. The molecule has 6 nitrogen and oxygen atoms in total. The van der Waals surface area contributed by atoms with E-state index in [4.69, 9.17) is 4.52 Å². The summed E-state index contributed by atoms with van der Waals surface area (Å²) in [6.07, 6.45) is 1.07. The molecule has 1 aromatic carbocycles. The fourth-order valence-corrected chi connectivity index (χ4v) is 2.92. The first-order valence-electron chi connectivity index (χ1n) is 7.89. The summed E-state index contributed by atoms with van der Waals surface area (Å²) in [6, 6.07) is 2.87. The van der Waals surface area contributed by atoms with Crippen molar-refractivity contribution in [3.8, 4) is 0 Å². The van der Waals surface area contributed by atoms with E-state index in [0.29, 0.717) is 43.8 Å². The molecule has 1 aromatic heterocycles. The van der Waals surface area contributed by atoms with Crippen molar-refractivity contribution in [3.05, 3.63) is 52.7 Å². The molecular formula is C17H15F3N2O4. The summed E-state index contributed by atoms with van der Waals surface area (Å²) in [4.78, 5) is 25.2. The van der Waals surface area contributed by atoms with Gasteiger partial charge in [0.05, 0.1) is 12.8 Å². The summed E-state index contributed by atoms with van der Waals surface area (Å²) < 4.78 is 49.1. The maximum atomic E-state index is 13.3. The second-order valence-corrected chi connectivity index (χ2v) is 5.93. The van der Waals surface area contributed by atoms with Gasteiger partial charge in [-0.25, -0.2) is 18.0 Å². The number of amides is 1. The number of piperidine rings is 1. The maximum Gasteiger partial charge on any atom is 0.376 e. The number of carbonyl (C=O) groups is 2. The fraction of sp³-hybridized carbons (Fsp3) is 0.353. The number of methoxy groups -OCH3 is 1. The van der Waals surface area contributed by atoms with Gasteiger partial charge in [0, 0.05) is 30.6 Å². The molecule has 1 saturated heterocycles. The third kappa shape index (κ3) is 3.42. The predicted molar refractivity (Wildman–Crippen MR) is 82.0 cm³/mol. The highest BCUT2D eigenvalue weighted by Crippen LogP contribution is 2.29. The SMILES string of the molecule is COC(=O)c1cc(C2CCN(C(=O)c3cc(F)c(F)c(F)c3)CC2)no1. The normalized spacial score (nSPS) is 15.2. The average Bonchev–Trinajstić information content (AvgIpc) is 3.14. The number of esters is 1. The molecule has 1 aliphatic rings. The number of halogens is 3. The van der Waals surface area contributed by atoms with Crippen molar-refractivity contribution < 1.29 is 32.0 Å². The van der Waals surface area contributed by atoms with Gasteiger partial charge < -0.3 is 14.2 Å². The molecule has 0 unspecified atom stereocenters. The second-order valence-electron chi connectivity index (χ2n) is 5.93. The first-order valence-corrected chi connectivity index (χ1v) is 7.89. The summed E-state index contributed by atoms with van der Waals surface area (Å²) in [5.74, 6) is -5.63. The quantitative estimate of drug-likeness (QED) is 0.615. The lowest BCUT2D eigenvalue weighted by Crippen LogP contribution is -2.38. The van der Waals surface area contributed by atoms with Crippen LogP contribution in [0.3, 0.4) is 0 Å². The first-order chi connectivity index (χ1) is 12.4. The van der Waals surface area contributed by atoms with Crippen LogP contribution in [0.15, 0.2) is 22.7 Å². The van der Waals surface area contributed by atoms with Crippen LogP contribution in [-0.2, 0) is 4.74 Å². The molecule has 0 N–H and O–H groups in total. The summed E-state index contributed by atoms with van der Waals surface area (Å²) in [5, 5.41) is 3.85. The zero-order valence-electron chi connectivity index (χ0n) is 13.8. The Morgan fingerprint density at radius 3 is 2.35 bits per heavy atom. The molecule has 0 spiro atoms. The number of hydrogen-bond acceptors (Lipinski definition) is 5. The van der Waals surface area contributed by atoms with Crippen molar-refractivity contribution in [3.63, 3.8) is 0 Å². The predicted octanol–water partition coefficient (Wildman–Crippen LogP) is 2.90. The van der Waals surface area contributed by atoms with Crippen LogP contribution in [0.5, 0.6) is 0 Å². The Kier molecular flexibility index (Phi) is 4.97. The summed E-state index contributed by atoms with van der Waals surface area (Å²) in [6.45, 7) is 0.648. The molecule has 2 aromatic rings. The molecule has 9 heteroatoms. The summed E-state index contributed by atoms with van der Waals surface area (Å²) in [7, 11) is 1.23. The monoisotopic (exact) mass is 368 g/mol. The number of nitrogens with zero attached hydrogens (tertiary/aromatic N) is 2. The molecule has 1 fully saturated rings. The van der Waals surface area contributed by atoms with Crippen LogP contribution in [0.1, 0.15) is 45.4 Å². The number of ether oxygens (including phenoxy) is 1. The molecule has 3 rings (SSSR count). The average molecular weight is 368 g/mol. The minimum atomic E-state index is -1.60. The number of carbonyl (C=O) groups excluding carboxylic acids is 2. The van der Waals surface area contributed by atoms with Crippen LogP contribution in [0, 0.1) is 17.5 Å². The molecule has 0 atom stereocenters. The molecule has 1 amide bonds. The molecule has 0 bridgehead atoms. The van der Waals surface area contributed by atoms with E-state index in [1.54, 1.807) is 0 Å². The zero-order valence-corrected chi connectivity index (χ0v) is 13.8. The van der Waals surface area contributed by atoms with Crippen molar-refractivity contribution in [2.75, 3.05) is 20.2 Å². The highest BCUT2D eigenvalue weighted by Gasteiger charge is 2.28. The molecule has 1 aliphatic heterocycles. The smallest absolute Gasteiger partial charge is 0.376 e. The van der Waals surface area contributed by atoms with Crippen molar-refractivity contribution >= 4 is 11.9 Å². The molecular weight excluding hydrogens is 353 g/mol. The van der Waals surface area contributed by atoms with E-state index in [1.165, 1.54) is 18.1 Å². The van der Waals surface area contributed by atoms with Crippen LogP contribution in [-0.4, -0.2) is 42.1 Å². The number of benzene rings is 1. The standard InChI is InChI=1S/C17H15F3N2O4/c1-25-17(24)14-8-13(21-26-14)9-2-4-22(5-3-9)16(23)10-6-11(18)15(20)12(19)7-10/h6-9H,2-5H2,1H3. The third-order valence-corrected chi connectivity index (χ3v) is 4.35. The largest absolute Gasteiger partial charge is 0.463 e. The van der Waals surface area contributed by atoms with E-state index in [1.807, 2.05) is 0 Å². The van der Waals surface area contributed by atoms with Gasteiger partial charge in [0.25, 0.3) is 5.91 Å². The summed E-state index contributed by atoms with van der Waals surface area (Å²) >= 11 is 0. The van der Waals surface area contributed by atoms with E-state index in [0.717, 1.165) is 0 Å². The molecule has 0 saturated carbocycles. The van der Waals surface area contributed by atoms with E-state index >= 15 is 0 Å². The Hall–Kier alpha value is -2.84. The topological polar surface area (TPSA) is 72.6 Å². The number of rotatable bonds is 3. The molecule has 2 heterocycles. The number of aromatic nitrogens is 1. The van der Waals surface area contributed by atoms with Gasteiger partial charge in [0.15, 0.2) is 17.5 Å². The third-order valence-electron chi connectivity index (χ3n) is 4.35. The van der Waals surface area contributed by atoms with E-state index < -0.39 is 29.3 Å². The van der Waals surface area contributed by atoms with Crippen molar-refractivity contribution in [1.29, 1.82) is 0 Å². The van der Waals surface area contributed by atoms with Crippen LogP contribution in [0.4, 0.5) is 13.2 Å². The van der Waals surface area contributed by atoms with Crippen molar-refractivity contribution in [1.82, 2.24) is 10.1 Å². The van der Waals surface area contributed by atoms with Crippen molar-refractivity contribution in [2.24, 2.45) is 0 Å². The minimum absolute atomic E-state index is 0.00160. The lowest BCUT2D eigenvalue weighted by molar-refractivity contribution is 0.0553. The van der Waals surface area contributed by atoms with Gasteiger partial charge in [0.2, 0.25) is 5.76 Å². The minimum Gasteiger partial charge on any atom is -0.463 e. The first kappa shape index (κ1) is 18.0. The van der Waals surface area contributed by atoms with Gasteiger partial charge in [-0.3, -0.25) is 4.79 Å². The van der Waals surface area contributed by atoms with Gasteiger partial charge in [-0.15, -0.1) is 0 Å². The highest BCUT2D eigenvalue weighted by molar-refractivity contribution is 5.94. The Labute approximate surface area is 146 Å². The highest BCUT2D eigenvalue weighted by atomic mass is 19.2. The van der Waals surface area contributed by atoms with Gasteiger partial charge in [-0.1, -0.05) is 5.16 Å². The Bertz CT molecular complexity index is 821. The molecule has 138 valence electrons. The van der Waals surface area contributed by atoms with Gasteiger partial charge in [-0.05, 0) is 25.0 Å². The van der Waals surface area contributed by atoms with E-state index in [2.05, 4.69) is 9.89 Å². The van der Waals surface area contributed by atoms with Gasteiger partial charge in [-0.2, -0.15) is 0 Å². The van der Waals surface area contributed by atoms with Crippen LogP contribution >= 0.6 is 0 Å². The Morgan fingerprint density at radius 1 is 1.15 bits per heavy atom. The number of hydrogen-bond donors (Lipinski definition) is 0. The zero-order chi connectivity index (χ0) is 18.8. The molecule has 26 heavy (non-hydrogen) atoms. The summed E-state index contributed by atoms with van der Waals surface area (Å²) in [5.41, 5.74) is 0.339. The Balaban J connectivity index is 1.66. The fourth-order valence-electron chi connectivity index (χ4n) is 2.92. The van der Waals surface area contributed by atoms with Crippen LogP contribution in [0.2, 0.25) is 0 Å². The van der Waals surface area contributed by atoms with Crippen LogP contribution in [0.25, 0.3) is 0 Å².